The molecule has 2 unspecified atom stereocenters. The number of ether oxygens (including phenoxy) is 1. The Morgan fingerprint density at radius 1 is 1.43 bits per heavy atom. The van der Waals surface area contributed by atoms with Gasteiger partial charge in [0.25, 0.3) is 0 Å². The number of hydrogen-bond acceptors (Lipinski definition) is 3. The second kappa shape index (κ2) is 6.17. The van der Waals surface area contributed by atoms with Crippen molar-refractivity contribution in [2.24, 2.45) is 5.92 Å². The zero-order valence-electron chi connectivity index (χ0n) is 11.4. The topological polar surface area (TPSA) is 66.8 Å². The van der Waals surface area contributed by atoms with Gasteiger partial charge in [-0.15, -0.1) is 0 Å². The van der Waals surface area contributed by atoms with E-state index in [1.807, 2.05) is 0 Å². The first kappa shape index (κ1) is 15.4. The number of benzene rings is 1. The molecular weight excluding hydrogens is 284 g/mol. The molecule has 0 bridgehead atoms. The van der Waals surface area contributed by atoms with Gasteiger partial charge in [-0.25, -0.2) is 8.78 Å². The van der Waals surface area contributed by atoms with Gasteiger partial charge in [0.2, 0.25) is 5.91 Å². The Labute approximate surface area is 120 Å². The van der Waals surface area contributed by atoms with E-state index in [2.05, 4.69) is 0 Å². The smallest absolute Gasteiger partial charge is 0.309 e. The largest absolute Gasteiger partial charge is 0.481 e. The first-order valence-corrected chi connectivity index (χ1v) is 6.42. The van der Waals surface area contributed by atoms with Crippen molar-refractivity contribution in [2.75, 3.05) is 20.3 Å². The molecule has 1 fully saturated rings. The maximum Gasteiger partial charge on any atom is 0.309 e. The van der Waals surface area contributed by atoms with Gasteiger partial charge in [0.1, 0.15) is 11.6 Å². The van der Waals surface area contributed by atoms with Crippen LogP contribution in [0.4, 0.5) is 8.78 Å². The highest BCUT2D eigenvalue weighted by atomic mass is 19.1. The second-order valence-corrected chi connectivity index (χ2v) is 4.81. The molecule has 0 radical (unpaired) electrons. The molecule has 1 amide bonds. The van der Waals surface area contributed by atoms with Crippen LogP contribution in [0.25, 0.3) is 0 Å². The van der Waals surface area contributed by atoms with Crippen molar-refractivity contribution in [1.82, 2.24) is 4.90 Å². The van der Waals surface area contributed by atoms with Gasteiger partial charge in [0, 0.05) is 25.6 Å². The van der Waals surface area contributed by atoms with Gasteiger partial charge in [-0.05, 0) is 12.1 Å². The van der Waals surface area contributed by atoms with Gasteiger partial charge < -0.3 is 14.7 Å². The summed E-state index contributed by atoms with van der Waals surface area (Å²) in [5.41, 5.74) is -0.383. The number of carbonyl (C=O) groups is 2. The summed E-state index contributed by atoms with van der Waals surface area (Å²) in [6.07, 6.45) is -0.280. The zero-order valence-corrected chi connectivity index (χ0v) is 11.4. The van der Waals surface area contributed by atoms with Crippen molar-refractivity contribution in [3.05, 3.63) is 35.4 Å². The molecule has 0 aliphatic carbocycles. The number of aliphatic carboxylic acids is 1. The van der Waals surface area contributed by atoms with Crippen LogP contribution in [-0.2, 0) is 14.3 Å². The molecular formula is C14H15F2NO4. The maximum atomic E-state index is 14.0. The fourth-order valence-electron chi connectivity index (χ4n) is 2.62. The standard InChI is InChI=1S/C14H15F2NO4/c1-21-6-5-17-11(18)7-8(14(19)20)13(17)12-9(15)3-2-4-10(12)16/h2-4,8,13H,5-7H2,1H3,(H,19,20). The summed E-state index contributed by atoms with van der Waals surface area (Å²) < 4.78 is 32.8. The molecule has 1 aromatic carbocycles. The quantitative estimate of drug-likeness (QED) is 0.896. The number of carbonyl (C=O) groups excluding carboxylic acids is 1. The van der Waals surface area contributed by atoms with Crippen LogP contribution >= 0.6 is 0 Å². The molecule has 1 aromatic rings. The third-order valence-corrected chi connectivity index (χ3v) is 3.58. The Hall–Kier alpha value is -2.02. The summed E-state index contributed by atoms with van der Waals surface area (Å²) in [6, 6.07) is 2.13. The third kappa shape index (κ3) is 2.87. The van der Waals surface area contributed by atoms with Crippen LogP contribution in [0.15, 0.2) is 18.2 Å². The van der Waals surface area contributed by atoms with Crippen molar-refractivity contribution in [3.63, 3.8) is 0 Å². The Kier molecular flexibility index (Phi) is 4.52. The minimum atomic E-state index is -1.25. The summed E-state index contributed by atoms with van der Waals surface area (Å²) in [5.74, 6) is -4.60. The number of nitrogens with zero attached hydrogens (tertiary/aromatic N) is 1. The molecule has 7 heteroatoms. The number of carboxylic acids is 1. The van der Waals surface area contributed by atoms with Crippen molar-refractivity contribution in [1.29, 1.82) is 0 Å². The van der Waals surface area contributed by atoms with Crippen LogP contribution in [0.2, 0.25) is 0 Å². The zero-order chi connectivity index (χ0) is 15.6. The molecule has 0 spiro atoms. The number of likely N-dealkylation sites (tertiary alicyclic amines) is 1. The van der Waals surface area contributed by atoms with E-state index in [9.17, 15) is 23.5 Å². The predicted octanol–water partition coefficient (Wildman–Crippen LogP) is 1.59. The average Bonchev–Trinajstić information content (AvgIpc) is 2.74. The minimum Gasteiger partial charge on any atom is -0.481 e. The van der Waals surface area contributed by atoms with Crippen LogP contribution in [0.5, 0.6) is 0 Å². The van der Waals surface area contributed by atoms with E-state index < -0.39 is 35.5 Å². The normalized spacial score (nSPS) is 21.9. The monoisotopic (exact) mass is 299 g/mol. The average molecular weight is 299 g/mol. The molecule has 0 saturated carbocycles. The van der Waals surface area contributed by atoms with E-state index in [-0.39, 0.29) is 25.1 Å². The number of amides is 1. The molecule has 1 heterocycles. The van der Waals surface area contributed by atoms with Gasteiger partial charge in [-0.3, -0.25) is 9.59 Å². The number of carboxylic acid groups (broad SMARTS) is 1. The molecule has 1 aliphatic rings. The fourth-order valence-corrected chi connectivity index (χ4v) is 2.62. The molecule has 1 saturated heterocycles. The van der Waals surface area contributed by atoms with Crippen molar-refractivity contribution < 1.29 is 28.2 Å². The van der Waals surface area contributed by atoms with Gasteiger partial charge in [-0.2, -0.15) is 0 Å². The lowest BCUT2D eigenvalue weighted by Crippen LogP contribution is -2.34. The van der Waals surface area contributed by atoms with Gasteiger partial charge in [0.05, 0.1) is 18.6 Å². The highest BCUT2D eigenvalue weighted by molar-refractivity contribution is 5.87. The first-order chi connectivity index (χ1) is 9.97. The SMILES string of the molecule is COCCN1C(=O)CC(C(=O)O)C1c1c(F)cccc1F. The Bertz CT molecular complexity index is 544. The van der Waals surface area contributed by atoms with Crippen LogP contribution in [-0.4, -0.2) is 42.1 Å². The maximum absolute atomic E-state index is 14.0. The van der Waals surface area contributed by atoms with E-state index in [1.54, 1.807) is 0 Å². The molecule has 114 valence electrons. The minimum absolute atomic E-state index is 0.0809. The summed E-state index contributed by atoms with van der Waals surface area (Å²) in [4.78, 5) is 24.5. The van der Waals surface area contributed by atoms with E-state index >= 15 is 0 Å². The number of hydrogen-bond donors (Lipinski definition) is 1. The van der Waals surface area contributed by atoms with Crippen LogP contribution < -0.4 is 0 Å². The van der Waals surface area contributed by atoms with E-state index in [0.29, 0.717) is 0 Å². The Morgan fingerprint density at radius 2 is 2.05 bits per heavy atom. The van der Waals surface area contributed by atoms with Crippen LogP contribution in [0, 0.1) is 17.6 Å². The fraction of sp³-hybridized carbons (Fsp3) is 0.429. The van der Waals surface area contributed by atoms with Crippen LogP contribution in [0.1, 0.15) is 18.0 Å². The van der Waals surface area contributed by atoms with E-state index in [1.165, 1.54) is 18.1 Å². The summed E-state index contributed by atoms with van der Waals surface area (Å²) in [5, 5.41) is 9.23. The summed E-state index contributed by atoms with van der Waals surface area (Å²) in [7, 11) is 1.42. The molecule has 2 atom stereocenters. The lowest BCUT2D eigenvalue weighted by molar-refractivity contribution is -0.142. The highest BCUT2D eigenvalue weighted by Gasteiger charge is 2.46. The lowest BCUT2D eigenvalue weighted by Gasteiger charge is -2.27. The highest BCUT2D eigenvalue weighted by Crippen LogP contribution is 2.40. The molecule has 0 aromatic heterocycles. The molecule has 1 aliphatic heterocycles. The van der Waals surface area contributed by atoms with Crippen LogP contribution in [0.3, 0.4) is 0 Å². The molecule has 5 nitrogen and oxygen atoms in total. The number of methoxy groups -OCH3 is 1. The van der Waals surface area contributed by atoms with E-state index in [0.717, 1.165) is 12.1 Å². The predicted molar refractivity (Wildman–Crippen MR) is 68.4 cm³/mol. The molecule has 1 N–H and O–H groups in total. The van der Waals surface area contributed by atoms with Crippen molar-refractivity contribution in [2.45, 2.75) is 12.5 Å². The van der Waals surface area contributed by atoms with Crippen molar-refractivity contribution in [3.8, 4) is 0 Å². The number of rotatable bonds is 5. The second-order valence-electron chi connectivity index (χ2n) is 4.81. The van der Waals surface area contributed by atoms with E-state index in [4.69, 9.17) is 4.74 Å². The van der Waals surface area contributed by atoms with Gasteiger partial charge >= 0.3 is 5.97 Å². The number of halogens is 2. The van der Waals surface area contributed by atoms with Gasteiger partial charge in [0.15, 0.2) is 0 Å². The molecule has 21 heavy (non-hydrogen) atoms. The Balaban J connectivity index is 2.46. The van der Waals surface area contributed by atoms with Gasteiger partial charge in [-0.1, -0.05) is 6.07 Å². The summed E-state index contributed by atoms with van der Waals surface area (Å²) in [6.45, 7) is 0.238. The lowest BCUT2D eigenvalue weighted by atomic mass is 9.93. The molecule has 2 rings (SSSR count). The first-order valence-electron chi connectivity index (χ1n) is 6.42. The van der Waals surface area contributed by atoms with Crippen molar-refractivity contribution >= 4 is 11.9 Å². The Morgan fingerprint density at radius 3 is 2.57 bits per heavy atom. The third-order valence-electron chi connectivity index (χ3n) is 3.58. The summed E-state index contributed by atoms with van der Waals surface area (Å²) >= 11 is 0.